The highest BCUT2D eigenvalue weighted by Gasteiger charge is 2.26. The van der Waals surface area contributed by atoms with Gasteiger partial charge in [-0.2, -0.15) is 0 Å². The number of nitrogens with one attached hydrogen (secondary N) is 1. The summed E-state index contributed by atoms with van der Waals surface area (Å²) >= 11 is 6.13. The van der Waals surface area contributed by atoms with Crippen LogP contribution in [0.5, 0.6) is 0 Å². The molecule has 1 saturated heterocycles. The number of halogens is 1. The van der Waals surface area contributed by atoms with Crippen molar-refractivity contribution in [3.8, 4) is 0 Å². The van der Waals surface area contributed by atoms with Crippen molar-refractivity contribution in [3.05, 3.63) is 34.9 Å². The predicted molar refractivity (Wildman–Crippen MR) is 74.7 cm³/mol. The van der Waals surface area contributed by atoms with Crippen LogP contribution in [0.1, 0.15) is 31.4 Å². The van der Waals surface area contributed by atoms with Gasteiger partial charge in [0.05, 0.1) is 11.5 Å². The largest absolute Gasteiger partial charge is 0.306 e. The Balaban J connectivity index is 2.04. The lowest BCUT2D eigenvalue weighted by molar-refractivity contribution is 0.437. The number of hydrogen-bond acceptors (Lipinski definition) is 3. The molecule has 0 amide bonds. The van der Waals surface area contributed by atoms with Crippen LogP contribution in [0, 0.1) is 0 Å². The minimum absolute atomic E-state index is 0.0371. The molecule has 0 saturated carbocycles. The van der Waals surface area contributed by atoms with Crippen molar-refractivity contribution in [2.75, 3.05) is 11.5 Å². The van der Waals surface area contributed by atoms with E-state index in [1.54, 1.807) is 0 Å². The second kappa shape index (κ2) is 5.59. The number of sulfone groups is 1. The lowest BCUT2D eigenvalue weighted by atomic mass is 10.1. The molecular weight excluding hydrogens is 270 g/mol. The molecule has 1 aliphatic heterocycles. The first-order valence-electron chi connectivity index (χ1n) is 6.19. The summed E-state index contributed by atoms with van der Waals surface area (Å²) in [6.45, 7) is 2.02. The second-order valence-corrected chi connectivity index (χ2v) is 7.50. The monoisotopic (exact) mass is 287 g/mol. The molecule has 5 heteroatoms. The summed E-state index contributed by atoms with van der Waals surface area (Å²) in [5, 5.41) is 4.09. The zero-order chi connectivity index (χ0) is 13.2. The molecule has 3 nitrogen and oxygen atoms in total. The molecule has 0 bridgehead atoms. The Morgan fingerprint density at radius 1 is 1.39 bits per heavy atom. The average molecular weight is 288 g/mol. The predicted octanol–water partition coefficient (Wildman–Crippen LogP) is 2.57. The Kier molecular flexibility index (Phi) is 4.30. The molecule has 1 aliphatic rings. The Labute approximate surface area is 113 Å². The van der Waals surface area contributed by atoms with Gasteiger partial charge in [0.15, 0.2) is 9.84 Å². The van der Waals surface area contributed by atoms with E-state index in [0.29, 0.717) is 5.75 Å². The number of rotatable bonds is 3. The lowest BCUT2D eigenvalue weighted by Gasteiger charge is -2.27. The Bertz CT molecular complexity index is 515. The van der Waals surface area contributed by atoms with Crippen molar-refractivity contribution < 1.29 is 8.42 Å². The fourth-order valence-corrected chi connectivity index (χ4v) is 4.37. The third-order valence-corrected chi connectivity index (χ3v) is 5.49. The van der Waals surface area contributed by atoms with Crippen LogP contribution in [0.2, 0.25) is 5.02 Å². The first-order chi connectivity index (χ1) is 8.48. The Hall–Kier alpha value is -0.580. The maximum Gasteiger partial charge on any atom is 0.151 e. The summed E-state index contributed by atoms with van der Waals surface area (Å²) in [6, 6.07) is 7.76. The molecule has 18 heavy (non-hydrogen) atoms. The van der Waals surface area contributed by atoms with E-state index in [1.165, 1.54) is 0 Å². The van der Waals surface area contributed by atoms with Gasteiger partial charge in [-0.05, 0) is 31.4 Å². The maximum absolute atomic E-state index is 11.6. The quantitative estimate of drug-likeness (QED) is 0.929. The third-order valence-electron chi connectivity index (χ3n) is 3.32. The van der Waals surface area contributed by atoms with Crippen LogP contribution in [-0.4, -0.2) is 26.0 Å². The van der Waals surface area contributed by atoms with E-state index in [9.17, 15) is 8.42 Å². The minimum Gasteiger partial charge on any atom is -0.306 e. The van der Waals surface area contributed by atoms with Crippen LogP contribution in [0.15, 0.2) is 24.3 Å². The minimum atomic E-state index is -2.87. The van der Waals surface area contributed by atoms with E-state index < -0.39 is 9.84 Å². The summed E-state index contributed by atoms with van der Waals surface area (Å²) in [4.78, 5) is 0. The Morgan fingerprint density at radius 3 is 2.78 bits per heavy atom. The van der Waals surface area contributed by atoms with Crippen molar-refractivity contribution >= 4 is 21.4 Å². The summed E-state index contributed by atoms with van der Waals surface area (Å²) in [5.41, 5.74) is 1.02. The molecule has 2 rings (SSSR count). The van der Waals surface area contributed by atoms with Gasteiger partial charge in [0.2, 0.25) is 0 Å². The summed E-state index contributed by atoms with van der Waals surface area (Å²) in [6.07, 6.45) is 1.66. The van der Waals surface area contributed by atoms with Crippen molar-refractivity contribution in [2.24, 2.45) is 0 Å². The molecular formula is C13H18ClNO2S. The average Bonchev–Trinajstić information content (AvgIpc) is 2.28. The smallest absolute Gasteiger partial charge is 0.151 e. The third kappa shape index (κ3) is 3.46. The van der Waals surface area contributed by atoms with Gasteiger partial charge in [-0.1, -0.05) is 29.8 Å². The van der Waals surface area contributed by atoms with Gasteiger partial charge < -0.3 is 5.32 Å². The van der Waals surface area contributed by atoms with Gasteiger partial charge >= 0.3 is 0 Å². The number of benzene rings is 1. The fraction of sp³-hybridized carbons (Fsp3) is 0.538. The fourth-order valence-electron chi connectivity index (χ4n) is 2.42. The van der Waals surface area contributed by atoms with Crippen molar-refractivity contribution in [3.63, 3.8) is 0 Å². The molecule has 100 valence electrons. The van der Waals surface area contributed by atoms with Crippen LogP contribution in [0.25, 0.3) is 0 Å². The molecule has 1 aromatic carbocycles. The molecule has 1 unspecified atom stereocenters. The zero-order valence-corrected chi connectivity index (χ0v) is 12.0. The Morgan fingerprint density at radius 2 is 2.11 bits per heavy atom. The molecule has 0 radical (unpaired) electrons. The van der Waals surface area contributed by atoms with Gasteiger partial charge in [-0.3, -0.25) is 0 Å². The molecule has 1 heterocycles. The molecule has 0 aliphatic carbocycles. The van der Waals surface area contributed by atoms with Gasteiger partial charge in [-0.15, -0.1) is 0 Å². The second-order valence-electron chi connectivity index (χ2n) is 4.86. The molecule has 1 N–H and O–H groups in total. The normalized spacial score (nSPS) is 24.7. The molecule has 1 fully saturated rings. The van der Waals surface area contributed by atoms with Crippen LogP contribution >= 0.6 is 11.6 Å². The molecule has 2 atom stereocenters. The van der Waals surface area contributed by atoms with E-state index in [2.05, 4.69) is 5.32 Å². The van der Waals surface area contributed by atoms with E-state index in [1.807, 2.05) is 31.2 Å². The highest BCUT2D eigenvalue weighted by atomic mass is 35.5. The summed E-state index contributed by atoms with van der Waals surface area (Å²) in [7, 11) is -2.87. The molecule has 0 spiro atoms. The van der Waals surface area contributed by atoms with Gasteiger partial charge in [0.25, 0.3) is 0 Å². The van der Waals surface area contributed by atoms with Crippen LogP contribution in [0.3, 0.4) is 0 Å². The first kappa shape index (κ1) is 13.8. The van der Waals surface area contributed by atoms with Crippen LogP contribution in [-0.2, 0) is 9.84 Å². The van der Waals surface area contributed by atoms with Gasteiger partial charge in [0.1, 0.15) is 0 Å². The van der Waals surface area contributed by atoms with E-state index >= 15 is 0 Å². The van der Waals surface area contributed by atoms with Crippen LogP contribution in [0.4, 0.5) is 0 Å². The SMILES string of the molecule is C[C@H](NC1CCCS(=O)(=O)C1)c1ccccc1Cl. The molecule has 0 aromatic heterocycles. The van der Waals surface area contributed by atoms with E-state index in [-0.39, 0.29) is 17.8 Å². The number of hydrogen-bond donors (Lipinski definition) is 1. The van der Waals surface area contributed by atoms with Gasteiger partial charge in [0, 0.05) is 17.1 Å². The van der Waals surface area contributed by atoms with Crippen molar-refractivity contribution in [1.29, 1.82) is 0 Å². The van der Waals surface area contributed by atoms with Gasteiger partial charge in [-0.25, -0.2) is 8.42 Å². The van der Waals surface area contributed by atoms with E-state index in [4.69, 9.17) is 11.6 Å². The summed E-state index contributed by atoms with van der Waals surface area (Å²) < 4.78 is 23.2. The molecule has 1 aromatic rings. The van der Waals surface area contributed by atoms with Crippen LogP contribution < -0.4 is 5.32 Å². The van der Waals surface area contributed by atoms with E-state index in [0.717, 1.165) is 23.4 Å². The summed E-state index contributed by atoms with van der Waals surface area (Å²) in [5.74, 6) is 0.563. The standard InChI is InChI=1S/C13H18ClNO2S/c1-10(12-6-2-3-7-13(12)14)15-11-5-4-8-18(16,17)9-11/h2-3,6-7,10-11,15H,4-5,8-9H2,1H3/t10-,11?/m0/s1. The highest BCUT2D eigenvalue weighted by Crippen LogP contribution is 2.24. The first-order valence-corrected chi connectivity index (χ1v) is 8.39. The highest BCUT2D eigenvalue weighted by molar-refractivity contribution is 7.91. The van der Waals surface area contributed by atoms with Crippen molar-refractivity contribution in [2.45, 2.75) is 31.8 Å². The van der Waals surface area contributed by atoms with Crippen molar-refractivity contribution in [1.82, 2.24) is 5.32 Å². The maximum atomic E-state index is 11.6. The topological polar surface area (TPSA) is 46.2 Å². The lowest BCUT2D eigenvalue weighted by Crippen LogP contribution is -2.41. The zero-order valence-electron chi connectivity index (χ0n) is 10.4.